The topological polar surface area (TPSA) is 87.3 Å². The predicted octanol–water partition coefficient (Wildman–Crippen LogP) is 1.05. The minimum Gasteiger partial charge on any atom is -0.350 e. The molecular formula is C15H22ClN3O3S. The summed E-state index contributed by atoms with van der Waals surface area (Å²) in [6.07, 6.45) is 3.66. The van der Waals surface area contributed by atoms with E-state index >= 15 is 0 Å². The van der Waals surface area contributed by atoms with E-state index in [0.717, 1.165) is 19.4 Å². The average molecular weight is 360 g/mol. The summed E-state index contributed by atoms with van der Waals surface area (Å²) in [6, 6.07) is 6.20. The molecule has 0 radical (unpaired) electrons. The zero-order valence-corrected chi connectivity index (χ0v) is 14.4. The van der Waals surface area contributed by atoms with Gasteiger partial charge in [0.1, 0.15) is 0 Å². The van der Waals surface area contributed by atoms with Crippen LogP contribution >= 0.6 is 12.4 Å². The van der Waals surface area contributed by atoms with Crippen LogP contribution in [0.25, 0.3) is 0 Å². The van der Waals surface area contributed by atoms with E-state index in [4.69, 9.17) is 0 Å². The van der Waals surface area contributed by atoms with Crippen LogP contribution in [0.2, 0.25) is 0 Å². The molecule has 6 nitrogen and oxygen atoms in total. The van der Waals surface area contributed by atoms with Crippen molar-refractivity contribution in [1.29, 1.82) is 0 Å². The molecule has 1 aromatic rings. The van der Waals surface area contributed by atoms with Gasteiger partial charge >= 0.3 is 0 Å². The Bertz CT molecular complexity index is 626. The molecule has 0 spiro atoms. The minimum atomic E-state index is -3.55. The van der Waals surface area contributed by atoms with E-state index in [1.54, 1.807) is 0 Å². The smallest absolute Gasteiger partial charge is 0.251 e. The molecular weight excluding hydrogens is 338 g/mol. The standard InChI is InChI=1S/C15H21N3O3S.ClH/c1-2-9-18-22(20,21)14-7-5-12(6-8-14)15(19)17-11-13-4-3-10-16-13;/h2,5-8,13,16,18H,1,3-4,9-11H2,(H,17,19);1H. The maximum atomic E-state index is 12.0. The third kappa shape index (κ3) is 5.62. The minimum absolute atomic E-state index is 0. The van der Waals surface area contributed by atoms with Gasteiger partial charge < -0.3 is 10.6 Å². The molecule has 8 heteroatoms. The first-order valence-corrected chi connectivity index (χ1v) is 8.73. The van der Waals surface area contributed by atoms with Crippen molar-refractivity contribution >= 4 is 28.3 Å². The van der Waals surface area contributed by atoms with Crippen LogP contribution in [-0.4, -0.2) is 40.0 Å². The number of hydrogen-bond donors (Lipinski definition) is 3. The number of nitrogens with one attached hydrogen (secondary N) is 3. The van der Waals surface area contributed by atoms with Crippen molar-refractivity contribution in [1.82, 2.24) is 15.4 Å². The van der Waals surface area contributed by atoms with Gasteiger partial charge in [-0.15, -0.1) is 19.0 Å². The lowest BCUT2D eigenvalue weighted by Crippen LogP contribution is -2.37. The Morgan fingerprint density at radius 2 is 2.04 bits per heavy atom. The number of rotatable bonds is 7. The molecule has 0 aromatic heterocycles. The summed E-state index contributed by atoms with van der Waals surface area (Å²) >= 11 is 0. The number of carbonyl (C=O) groups is 1. The predicted molar refractivity (Wildman–Crippen MR) is 92.4 cm³/mol. The molecule has 0 saturated carbocycles. The average Bonchev–Trinajstić information content (AvgIpc) is 3.04. The lowest BCUT2D eigenvalue weighted by molar-refractivity contribution is 0.0950. The second kappa shape index (κ2) is 9.02. The van der Waals surface area contributed by atoms with E-state index < -0.39 is 10.0 Å². The molecule has 1 saturated heterocycles. The molecule has 0 aliphatic carbocycles. The first-order chi connectivity index (χ1) is 10.5. The van der Waals surface area contributed by atoms with Gasteiger partial charge in [0.25, 0.3) is 5.91 Å². The Kier molecular flexibility index (Phi) is 7.70. The highest BCUT2D eigenvalue weighted by Gasteiger charge is 2.16. The summed E-state index contributed by atoms with van der Waals surface area (Å²) in [6.45, 7) is 5.20. The van der Waals surface area contributed by atoms with Crippen molar-refractivity contribution in [2.24, 2.45) is 0 Å². The zero-order valence-electron chi connectivity index (χ0n) is 12.7. The maximum Gasteiger partial charge on any atom is 0.251 e. The van der Waals surface area contributed by atoms with Crippen molar-refractivity contribution in [3.05, 3.63) is 42.5 Å². The molecule has 1 heterocycles. The van der Waals surface area contributed by atoms with Crippen LogP contribution in [0.15, 0.2) is 41.8 Å². The molecule has 1 fully saturated rings. The monoisotopic (exact) mass is 359 g/mol. The maximum absolute atomic E-state index is 12.0. The van der Waals surface area contributed by atoms with E-state index in [2.05, 4.69) is 21.9 Å². The van der Waals surface area contributed by atoms with Gasteiger partial charge in [-0.25, -0.2) is 13.1 Å². The number of sulfonamides is 1. The summed E-state index contributed by atoms with van der Waals surface area (Å²) < 4.78 is 26.2. The van der Waals surface area contributed by atoms with Gasteiger partial charge in [0, 0.05) is 24.7 Å². The molecule has 1 atom stereocenters. The Morgan fingerprint density at radius 3 is 2.61 bits per heavy atom. The van der Waals surface area contributed by atoms with Gasteiger partial charge in [-0.2, -0.15) is 0 Å². The lowest BCUT2D eigenvalue weighted by Gasteiger charge is -2.11. The van der Waals surface area contributed by atoms with Gasteiger partial charge in [0.2, 0.25) is 10.0 Å². The largest absolute Gasteiger partial charge is 0.350 e. The van der Waals surface area contributed by atoms with Crippen molar-refractivity contribution in [2.45, 2.75) is 23.8 Å². The molecule has 1 aromatic carbocycles. The second-order valence-corrected chi connectivity index (χ2v) is 6.94. The summed E-state index contributed by atoms with van der Waals surface area (Å²) in [5.41, 5.74) is 0.445. The fourth-order valence-electron chi connectivity index (χ4n) is 2.29. The Hall–Kier alpha value is -1.41. The van der Waals surface area contributed by atoms with Gasteiger partial charge in [-0.1, -0.05) is 6.08 Å². The fraction of sp³-hybridized carbons (Fsp3) is 0.400. The Labute approximate surface area is 143 Å². The quantitative estimate of drug-likeness (QED) is 0.635. The van der Waals surface area contributed by atoms with Gasteiger partial charge in [0.05, 0.1) is 4.90 Å². The first-order valence-electron chi connectivity index (χ1n) is 7.25. The van der Waals surface area contributed by atoms with Crippen LogP contribution in [0.5, 0.6) is 0 Å². The normalized spacial score (nSPS) is 17.3. The van der Waals surface area contributed by atoms with Crippen molar-refractivity contribution < 1.29 is 13.2 Å². The lowest BCUT2D eigenvalue weighted by atomic mass is 10.2. The fourth-order valence-corrected chi connectivity index (χ4v) is 3.28. The van der Waals surface area contributed by atoms with E-state index in [1.165, 1.54) is 30.3 Å². The number of benzene rings is 1. The van der Waals surface area contributed by atoms with Crippen molar-refractivity contribution in [2.75, 3.05) is 19.6 Å². The second-order valence-electron chi connectivity index (χ2n) is 5.17. The molecule has 23 heavy (non-hydrogen) atoms. The Balaban J connectivity index is 0.00000264. The Morgan fingerprint density at radius 1 is 1.35 bits per heavy atom. The first kappa shape index (κ1) is 19.6. The van der Waals surface area contributed by atoms with E-state index in [9.17, 15) is 13.2 Å². The summed E-state index contributed by atoms with van der Waals surface area (Å²) in [7, 11) is -3.55. The molecule has 2 rings (SSSR count). The molecule has 0 bridgehead atoms. The van der Waals surface area contributed by atoms with E-state index in [-0.39, 0.29) is 29.8 Å². The SMILES string of the molecule is C=CCNS(=O)(=O)c1ccc(C(=O)NCC2CCCN2)cc1.Cl. The highest BCUT2D eigenvalue weighted by Crippen LogP contribution is 2.11. The third-order valence-electron chi connectivity index (χ3n) is 3.52. The van der Waals surface area contributed by atoms with Gasteiger partial charge in [-0.3, -0.25) is 4.79 Å². The number of halogens is 1. The summed E-state index contributed by atoms with van der Waals surface area (Å²) in [5.74, 6) is -0.198. The molecule has 1 aliphatic heterocycles. The summed E-state index contributed by atoms with van der Waals surface area (Å²) in [5, 5.41) is 6.16. The molecule has 1 unspecified atom stereocenters. The number of carbonyl (C=O) groups excluding carboxylic acids is 1. The van der Waals surface area contributed by atoms with Gasteiger partial charge in [-0.05, 0) is 43.7 Å². The number of amides is 1. The van der Waals surface area contributed by atoms with Crippen molar-refractivity contribution in [3.8, 4) is 0 Å². The van der Waals surface area contributed by atoms with Crippen LogP contribution in [0.4, 0.5) is 0 Å². The third-order valence-corrected chi connectivity index (χ3v) is 4.96. The van der Waals surface area contributed by atoms with Crippen LogP contribution in [0.1, 0.15) is 23.2 Å². The van der Waals surface area contributed by atoms with Crippen molar-refractivity contribution in [3.63, 3.8) is 0 Å². The van der Waals surface area contributed by atoms with E-state index in [0.29, 0.717) is 18.2 Å². The summed E-state index contributed by atoms with van der Waals surface area (Å²) in [4.78, 5) is 12.1. The number of hydrogen-bond acceptors (Lipinski definition) is 4. The van der Waals surface area contributed by atoms with Gasteiger partial charge in [0.15, 0.2) is 0 Å². The zero-order chi connectivity index (χ0) is 16.0. The van der Waals surface area contributed by atoms with Crippen LogP contribution in [0.3, 0.4) is 0 Å². The molecule has 1 aliphatic rings. The molecule has 1 amide bonds. The highest BCUT2D eigenvalue weighted by molar-refractivity contribution is 7.89. The van der Waals surface area contributed by atoms with Crippen LogP contribution < -0.4 is 15.4 Å². The highest BCUT2D eigenvalue weighted by atomic mass is 35.5. The van der Waals surface area contributed by atoms with Crippen LogP contribution in [-0.2, 0) is 10.0 Å². The molecule has 128 valence electrons. The van der Waals surface area contributed by atoms with E-state index in [1.807, 2.05) is 0 Å². The molecule has 3 N–H and O–H groups in total. The van der Waals surface area contributed by atoms with Crippen LogP contribution in [0, 0.1) is 0 Å².